The summed E-state index contributed by atoms with van der Waals surface area (Å²) < 4.78 is 0. The first-order chi connectivity index (χ1) is 7.77. The zero-order chi connectivity index (χ0) is 11.4. The summed E-state index contributed by atoms with van der Waals surface area (Å²) in [6, 6.07) is 4.18. The molecule has 1 N–H and O–H groups in total. The molecule has 0 radical (unpaired) electrons. The molecular formula is C12H18N2OS. The third-order valence-electron chi connectivity index (χ3n) is 2.95. The summed E-state index contributed by atoms with van der Waals surface area (Å²) in [4.78, 5) is 15.3. The summed E-state index contributed by atoms with van der Waals surface area (Å²) in [6.45, 7) is 4.64. The molecule has 1 amide bonds. The van der Waals surface area contributed by atoms with E-state index in [0.717, 1.165) is 32.5 Å². The van der Waals surface area contributed by atoms with Gasteiger partial charge in [-0.2, -0.15) is 0 Å². The number of nitrogens with one attached hydrogen (secondary N) is 1. The standard InChI is InChI=1S/C12H18N2OS/c1-10-12(15)14(7-3-6-13-10)8-5-11-4-2-9-16-11/h2,4,9-10,13H,3,5-8H2,1H3. The fourth-order valence-electron chi connectivity index (χ4n) is 1.98. The van der Waals surface area contributed by atoms with Crippen LogP contribution in [0, 0.1) is 0 Å². The highest BCUT2D eigenvalue weighted by molar-refractivity contribution is 7.09. The molecule has 16 heavy (non-hydrogen) atoms. The average molecular weight is 238 g/mol. The second-order valence-electron chi connectivity index (χ2n) is 4.18. The van der Waals surface area contributed by atoms with Gasteiger partial charge in [0.25, 0.3) is 0 Å². The number of nitrogens with zero attached hydrogens (tertiary/aromatic N) is 1. The molecule has 1 aliphatic heterocycles. The van der Waals surface area contributed by atoms with Crippen LogP contribution in [0.3, 0.4) is 0 Å². The van der Waals surface area contributed by atoms with Gasteiger partial charge in [0.1, 0.15) is 0 Å². The fourth-order valence-corrected chi connectivity index (χ4v) is 2.68. The van der Waals surface area contributed by atoms with Crippen LogP contribution in [0.15, 0.2) is 17.5 Å². The zero-order valence-electron chi connectivity index (χ0n) is 9.61. The maximum absolute atomic E-state index is 12.0. The number of carbonyl (C=O) groups excluding carboxylic acids is 1. The van der Waals surface area contributed by atoms with E-state index in [0.29, 0.717) is 0 Å². The quantitative estimate of drug-likeness (QED) is 0.865. The Hall–Kier alpha value is -0.870. The largest absolute Gasteiger partial charge is 0.341 e. The Balaban J connectivity index is 1.89. The third-order valence-corrected chi connectivity index (χ3v) is 3.88. The molecule has 1 aliphatic rings. The average Bonchev–Trinajstić information content (AvgIpc) is 2.74. The smallest absolute Gasteiger partial charge is 0.239 e. The minimum absolute atomic E-state index is 0.0224. The highest BCUT2D eigenvalue weighted by Crippen LogP contribution is 2.11. The first kappa shape index (κ1) is 11.6. The molecule has 4 heteroatoms. The van der Waals surface area contributed by atoms with Crippen molar-refractivity contribution in [3.63, 3.8) is 0 Å². The van der Waals surface area contributed by atoms with Crippen LogP contribution < -0.4 is 5.32 Å². The Labute approximate surface area is 100 Å². The van der Waals surface area contributed by atoms with E-state index in [1.165, 1.54) is 4.88 Å². The van der Waals surface area contributed by atoms with E-state index in [2.05, 4.69) is 22.8 Å². The first-order valence-electron chi connectivity index (χ1n) is 5.82. The zero-order valence-corrected chi connectivity index (χ0v) is 10.4. The molecule has 1 saturated heterocycles. The van der Waals surface area contributed by atoms with Crippen molar-refractivity contribution in [1.82, 2.24) is 10.2 Å². The topological polar surface area (TPSA) is 32.3 Å². The van der Waals surface area contributed by atoms with Gasteiger partial charge in [0.2, 0.25) is 5.91 Å². The normalized spacial score (nSPS) is 22.2. The van der Waals surface area contributed by atoms with Crippen LogP contribution in [0.2, 0.25) is 0 Å². The van der Waals surface area contributed by atoms with Crippen molar-refractivity contribution < 1.29 is 4.79 Å². The van der Waals surface area contributed by atoms with E-state index in [-0.39, 0.29) is 11.9 Å². The highest BCUT2D eigenvalue weighted by atomic mass is 32.1. The van der Waals surface area contributed by atoms with Crippen molar-refractivity contribution in [1.29, 1.82) is 0 Å². The molecule has 2 heterocycles. The monoisotopic (exact) mass is 238 g/mol. The van der Waals surface area contributed by atoms with E-state index in [4.69, 9.17) is 0 Å². The lowest BCUT2D eigenvalue weighted by molar-refractivity contribution is -0.132. The van der Waals surface area contributed by atoms with Gasteiger partial charge in [0, 0.05) is 18.0 Å². The van der Waals surface area contributed by atoms with Crippen molar-refractivity contribution in [2.24, 2.45) is 0 Å². The van der Waals surface area contributed by atoms with Gasteiger partial charge < -0.3 is 10.2 Å². The highest BCUT2D eigenvalue weighted by Gasteiger charge is 2.22. The third kappa shape index (κ3) is 2.83. The van der Waals surface area contributed by atoms with Crippen LogP contribution in [0.1, 0.15) is 18.2 Å². The summed E-state index contributed by atoms with van der Waals surface area (Å²) in [5, 5.41) is 5.32. The van der Waals surface area contributed by atoms with Gasteiger partial charge in [0.15, 0.2) is 0 Å². The molecule has 0 spiro atoms. The molecule has 1 aromatic heterocycles. The number of hydrogen-bond donors (Lipinski definition) is 1. The van der Waals surface area contributed by atoms with E-state index in [1.807, 2.05) is 11.8 Å². The van der Waals surface area contributed by atoms with Crippen LogP contribution in [0.25, 0.3) is 0 Å². The Bertz CT molecular complexity index is 337. The van der Waals surface area contributed by atoms with Crippen molar-refractivity contribution >= 4 is 17.2 Å². The minimum Gasteiger partial charge on any atom is -0.341 e. The minimum atomic E-state index is -0.0224. The van der Waals surface area contributed by atoms with Crippen LogP contribution >= 0.6 is 11.3 Å². The van der Waals surface area contributed by atoms with Crippen molar-refractivity contribution in [2.75, 3.05) is 19.6 Å². The Morgan fingerprint density at radius 3 is 3.25 bits per heavy atom. The molecule has 0 aromatic carbocycles. The molecule has 1 fully saturated rings. The van der Waals surface area contributed by atoms with Gasteiger partial charge in [-0.15, -0.1) is 11.3 Å². The summed E-state index contributed by atoms with van der Waals surface area (Å²) in [5.41, 5.74) is 0. The van der Waals surface area contributed by atoms with E-state index < -0.39 is 0 Å². The summed E-state index contributed by atoms with van der Waals surface area (Å²) in [7, 11) is 0. The van der Waals surface area contributed by atoms with Gasteiger partial charge in [0.05, 0.1) is 6.04 Å². The Morgan fingerprint density at radius 1 is 1.62 bits per heavy atom. The number of hydrogen-bond acceptors (Lipinski definition) is 3. The van der Waals surface area contributed by atoms with E-state index in [1.54, 1.807) is 11.3 Å². The van der Waals surface area contributed by atoms with Gasteiger partial charge in [-0.05, 0) is 37.8 Å². The van der Waals surface area contributed by atoms with E-state index in [9.17, 15) is 4.79 Å². The summed E-state index contributed by atoms with van der Waals surface area (Å²) >= 11 is 1.77. The lowest BCUT2D eigenvalue weighted by Gasteiger charge is -2.22. The first-order valence-corrected chi connectivity index (χ1v) is 6.70. The second-order valence-corrected chi connectivity index (χ2v) is 5.22. The molecule has 3 nitrogen and oxygen atoms in total. The molecule has 1 unspecified atom stereocenters. The van der Waals surface area contributed by atoms with E-state index >= 15 is 0 Å². The molecule has 0 aliphatic carbocycles. The van der Waals surface area contributed by atoms with Gasteiger partial charge in [-0.3, -0.25) is 4.79 Å². The lowest BCUT2D eigenvalue weighted by Crippen LogP contribution is -2.42. The predicted octanol–water partition coefficient (Wildman–Crippen LogP) is 1.50. The number of thiophene rings is 1. The van der Waals surface area contributed by atoms with Gasteiger partial charge in [-0.25, -0.2) is 0 Å². The van der Waals surface area contributed by atoms with Crippen LogP contribution in [-0.4, -0.2) is 36.5 Å². The number of carbonyl (C=O) groups is 1. The van der Waals surface area contributed by atoms with Crippen molar-refractivity contribution in [2.45, 2.75) is 25.8 Å². The molecule has 88 valence electrons. The maximum atomic E-state index is 12.0. The van der Waals surface area contributed by atoms with Crippen molar-refractivity contribution in [3.8, 4) is 0 Å². The molecule has 0 saturated carbocycles. The number of amides is 1. The Kier molecular flexibility index (Phi) is 3.96. The van der Waals surface area contributed by atoms with Crippen LogP contribution in [0.4, 0.5) is 0 Å². The summed E-state index contributed by atoms with van der Waals surface area (Å²) in [6.07, 6.45) is 2.04. The lowest BCUT2D eigenvalue weighted by atomic mass is 10.2. The molecule has 1 aromatic rings. The SMILES string of the molecule is CC1NCCCN(CCc2cccs2)C1=O. The molecular weight excluding hydrogens is 220 g/mol. The summed E-state index contributed by atoms with van der Waals surface area (Å²) in [5.74, 6) is 0.244. The molecule has 2 rings (SSSR count). The van der Waals surface area contributed by atoms with Crippen LogP contribution in [-0.2, 0) is 11.2 Å². The molecule has 1 atom stereocenters. The maximum Gasteiger partial charge on any atom is 0.239 e. The predicted molar refractivity (Wildman–Crippen MR) is 66.7 cm³/mol. The Morgan fingerprint density at radius 2 is 2.50 bits per heavy atom. The number of rotatable bonds is 3. The molecule has 0 bridgehead atoms. The van der Waals surface area contributed by atoms with Crippen molar-refractivity contribution in [3.05, 3.63) is 22.4 Å². The van der Waals surface area contributed by atoms with Gasteiger partial charge >= 0.3 is 0 Å². The van der Waals surface area contributed by atoms with Gasteiger partial charge in [-0.1, -0.05) is 6.07 Å². The van der Waals surface area contributed by atoms with Crippen LogP contribution in [0.5, 0.6) is 0 Å². The fraction of sp³-hybridized carbons (Fsp3) is 0.583. The second kappa shape index (κ2) is 5.46.